The number of halogens is 4. The Morgan fingerprint density at radius 2 is 2.04 bits per heavy atom. The summed E-state index contributed by atoms with van der Waals surface area (Å²) in [6.07, 6.45) is -0.757. The maximum Gasteiger partial charge on any atom is 0.416 e. The van der Waals surface area contributed by atoms with Crippen LogP contribution < -0.4 is 5.32 Å². The van der Waals surface area contributed by atoms with E-state index >= 15 is 0 Å². The van der Waals surface area contributed by atoms with Crippen molar-refractivity contribution in [3.05, 3.63) is 65.2 Å². The van der Waals surface area contributed by atoms with Crippen LogP contribution in [-0.2, 0) is 6.18 Å². The summed E-state index contributed by atoms with van der Waals surface area (Å²) in [6.45, 7) is 1.96. The molecular weight excluding hydrogens is 362 g/mol. The van der Waals surface area contributed by atoms with Crippen LogP contribution in [0.15, 0.2) is 42.6 Å². The summed E-state index contributed by atoms with van der Waals surface area (Å²) in [4.78, 5) is 17.9. The maximum atomic E-state index is 13.8. The molecule has 3 rings (SSSR count). The minimum Gasteiger partial charge on any atom is -0.320 e. The van der Waals surface area contributed by atoms with Gasteiger partial charge in [-0.3, -0.25) is 4.98 Å². The number of aryl methyl sites for hydroxylation is 1. The van der Waals surface area contributed by atoms with Gasteiger partial charge in [-0.05, 0) is 54.8 Å². The number of nitrogens with one attached hydrogen (secondary N) is 1. The van der Waals surface area contributed by atoms with Crippen LogP contribution in [0.2, 0.25) is 0 Å². The fourth-order valence-electron chi connectivity index (χ4n) is 2.95. The van der Waals surface area contributed by atoms with E-state index in [0.717, 1.165) is 11.6 Å². The number of anilines is 1. The molecule has 0 saturated heterocycles. The number of amides is 2. The number of carbonyl (C=O) groups is 1. The zero-order valence-electron chi connectivity index (χ0n) is 14.5. The quantitative estimate of drug-likeness (QED) is 0.757. The second kappa shape index (κ2) is 7.38. The molecule has 1 aliphatic rings. The van der Waals surface area contributed by atoms with Crippen molar-refractivity contribution >= 4 is 17.3 Å². The first-order valence-corrected chi connectivity index (χ1v) is 8.29. The number of pyridine rings is 1. The predicted molar refractivity (Wildman–Crippen MR) is 93.6 cm³/mol. The number of hydrogen-bond donors (Lipinski definition) is 1. The van der Waals surface area contributed by atoms with Crippen LogP contribution in [0.5, 0.6) is 0 Å². The molecule has 8 heteroatoms. The highest BCUT2D eigenvalue weighted by Crippen LogP contribution is 2.33. The summed E-state index contributed by atoms with van der Waals surface area (Å²) in [6, 6.07) is 5.87. The fraction of sp³-hybridized carbons (Fsp3) is 0.263. The van der Waals surface area contributed by atoms with Crippen molar-refractivity contribution in [2.75, 3.05) is 18.4 Å². The topological polar surface area (TPSA) is 45.2 Å². The molecule has 0 spiro atoms. The van der Waals surface area contributed by atoms with Gasteiger partial charge in [-0.2, -0.15) is 13.2 Å². The van der Waals surface area contributed by atoms with E-state index in [2.05, 4.69) is 10.3 Å². The number of aromatic nitrogens is 1. The van der Waals surface area contributed by atoms with E-state index in [4.69, 9.17) is 0 Å². The third-order valence-corrected chi connectivity index (χ3v) is 4.34. The van der Waals surface area contributed by atoms with E-state index in [-0.39, 0.29) is 23.5 Å². The molecule has 0 atom stereocenters. The van der Waals surface area contributed by atoms with Crippen LogP contribution in [-0.4, -0.2) is 29.0 Å². The number of benzene rings is 1. The van der Waals surface area contributed by atoms with Gasteiger partial charge < -0.3 is 10.2 Å². The van der Waals surface area contributed by atoms with Gasteiger partial charge in [0.1, 0.15) is 11.5 Å². The van der Waals surface area contributed by atoms with Gasteiger partial charge in [0, 0.05) is 25.0 Å². The first-order chi connectivity index (χ1) is 12.8. The standard InChI is InChI=1S/C19H17F4N3O/c1-12-11-14(4-5-15(12)19(21,22)23)25-18(27)26-9-6-13(7-10-26)17-16(20)3-2-8-24-17/h2-6,8,11H,7,9-10H2,1H3,(H,25,27). The third kappa shape index (κ3) is 4.27. The molecule has 0 unspecified atom stereocenters. The molecule has 0 bridgehead atoms. The lowest BCUT2D eigenvalue weighted by atomic mass is 10.0. The number of carbonyl (C=O) groups excluding carboxylic acids is 1. The van der Waals surface area contributed by atoms with Gasteiger partial charge >= 0.3 is 12.2 Å². The van der Waals surface area contributed by atoms with Crippen molar-refractivity contribution in [2.24, 2.45) is 0 Å². The van der Waals surface area contributed by atoms with E-state index in [1.54, 1.807) is 6.08 Å². The van der Waals surface area contributed by atoms with Gasteiger partial charge in [-0.1, -0.05) is 6.08 Å². The number of hydrogen-bond acceptors (Lipinski definition) is 2. The highest BCUT2D eigenvalue weighted by Gasteiger charge is 2.32. The lowest BCUT2D eigenvalue weighted by Crippen LogP contribution is -2.38. The maximum absolute atomic E-state index is 13.8. The first-order valence-electron chi connectivity index (χ1n) is 8.29. The summed E-state index contributed by atoms with van der Waals surface area (Å²) in [5.74, 6) is -0.415. The Hall–Kier alpha value is -2.90. The Morgan fingerprint density at radius 1 is 1.26 bits per heavy atom. The second-order valence-corrected chi connectivity index (χ2v) is 6.22. The van der Waals surface area contributed by atoms with Crippen LogP contribution in [0, 0.1) is 12.7 Å². The number of nitrogens with zero attached hydrogens (tertiary/aromatic N) is 2. The normalized spacial score (nSPS) is 14.7. The van der Waals surface area contributed by atoms with E-state index in [1.165, 1.54) is 42.3 Å². The summed E-state index contributed by atoms with van der Waals surface area (Å²) in [7, 11) is 0. The largest absolute Gasteiger partial charge is 0.416 e. The molecule has 0 radical (unpaired) electrons. The van der Waals surface area contributed by atoms with E-state index in [0.29, 0.717) is 13.0 Å². The van der Waals surface area contributed by atoms with E-state index < -0.39 is 23.6 Å². The van der Waals surface area contributed by atoms with Crippen LogP contribution >= 0.6 is 0 Å². The van der Waals surface area contributed by atoms with Gasteiger partial charge in [0.2, 0.25) is 0 Å². The number of alkyl halides is 3. The smallest absolute Gasteiger partial charge is 0.320 e. The summed E-state index contributed by atoms with van der Waals surface area (Å²) >= 11 is 0. The molecule has 4 nitrogen and oxygen atoms in total. The van der Waals surface area contributed by atoms with Crippen molar-refractivity contribution in [3.8, 4) is 0 Å². The van der Waals surface area contributed by atoms with Crippen molar-refractivity contribution < 1.29 is 22.4 Å². The molecule has 2 amide bonds. The fourth-order valence-corrected chi connectivity index (χ4v) is 2.95. The molecule has 142 valence electrons. The molecule has 0 saturated carbocycles. The minimum absolute atomic E-state index is 0.0340. The highest BCUT2D eigenvalue weighted by molar-refractivity contribution is 5.90. The molecule has 27 heavy (non-hydrogen) atoms. The number of rotatable bonds is 2. The Bertz CT molecular complexity index is 893. The predicted octanol–water partition coefficient (Wildman–Crippen LogP) is 4.87. The molecule has 2 heterocycles. The lowest BCUT2D eigenvalue weighted by Gasteiger charge is -2.26. The minimum atomic E-state index is -4.43. The molecule has 1 N–H and O–H groups in total. The summed E-state index contributed by atoms with van der Waals surface area (Å²) in [5, 5.41) is 2.60. The van der Waals surface area contributed by atoms with Gasteiger partial charge in [-0.15, -0.1) is 0 Å². The average molecular weight is 379 g/mol. The molecule has 1 aromatic heterocycles. The van der Waals surface area contributed by atoms with Crippen molar-refractivity contribution in [1.82, 2.24) is 9.88 Å². The van der Waals surface area contributed by atoms with Crippen LogP contribution in [0.3, 0.4) is 0 Å². The van der Waals surface area contributed by atoms with Gasteiger partial charge in [0.25, 0.3) is 0 Å². The Kier molecular flexibility index (Phi) is 5.16. The molecule has 1 aliphatic heterocycles. The van der Waals surface area contributed by atoms with Crippen LogP contribution in [0.4, 0.5) is 28.0 Å². The molecule has 0 aliphatic carbocycles. The van der Waals surface area contributed by atoms with E-state index in [9.17, 15) is 22.4 Å². The Morgan fingerprint density at radius 3 is 2.63 bits per heavy atom. The molecule has 1 aromatic carbocycles. The van der Waals surface area contributed by atoms with Crippen molar-refractivity contribution in [1.29, 1.82) is 0 Å². The SMILES string of the molecule is Cc1cc(NC(=O)N2CC=C(c3ncccc3F)CC2)ccc1C(F)(F)F. The monoisotopic (exact) mass is 379 g/mol. The zero-order valence-corrected chi connectivity index (χ0v) is 14.5. The molecular formula is C19H17F4N3O. The number of urea groups is 1. The molecule has 2 aromatic rings. The molecule has 0 fully saturated rings. The third-order valence-electron chi connectivity index (χ3n) is 4.34. The summed E-state index contributed by atoms with van der Waals surface area (Å²) < 4.78 is 52.2. The first kappa shape index (κ1) is 18.9. The Labute approximate surface area is 153 Å². The lowest BCUT2D eigenvalue weighted by molar-refractivity contribution is -0.138. The van der Waals surface area contributed by atoms with Crippen LogP contribution in [0.1, 0.15) is 23.2 Å². The average Bonchev–Trinajstić information content (AvgIpc) is 2.61. The van der Waals surface area contributed by atoms with Crippen molar-refractivity contribution in [3.63, 3.8) is 0 Å². The summed E-state index contributed by atoms with van der Waals surface area (Å²) in [5.41, 5.74) is 0.588. The Balaban J connectivity index is 1.66. The van der Waals surface area contributed by atoms with E-state index in [1.807, 2.05) is 0 Å². The van der Waals surface area contributed by atoms with Gasteiger partial charge in [0.05, 0.1) is 5.56 Å². The van der Waals surface area contributed by atoms with Gasteiger partial charge in [0.15, 0.2) is 0 Å². The second-order valence-electron chi connectivity index (χ2n) is 6.22. The van der Waals surface area contributed by atoms with Crippen LogP contribution in [0.25, 0.3) is 5.57 Å². The zero-order chi connectivity index (χ0) is 19.6. The van der Waals surface area contributed by atoms with Crippen molar-refractivity contribution in [2.45, 2.75) is 19.5 Å². The highest BCUT2D eigenvalue weighted by atomic mass is 19.4. The van der Waals surface area contributed by atoms with Gasteiger partial charge in [-0.25, -0.2) is 9.18 Å².